The number of anilines is 3. The molecule has 0 radical (unpaired) electrons. The van der Waals surface area contributed by atoms with Gasteiger partial charge in [0.25, 0.3) is 0 Å². The van der Waals surface area contributed by atoms with Gasteiger partial charge in [-0.3, -0.25) is 0 Å². The van der Waals surface area contributed by atoms with E-state index in [-0.39, 0.29) is 22.7 Å². The van der Waals surface area contributed by atoms with E-state index < -0.39 is 23.6 Å². The van der Waals surface area contributed by atoms with Gasteiger partial charge in [0.2, 0.25) is 0 Å². The Kier molecular flexibility index (Phi) is 11.4. The second-order valence-electron chi connectivity index (χ2n) is 7.33. The van der Waals surface area contributed by atoms with E-state index in [0.717, 1.165) is 24.5 Å². The number of aliphatic hydroxyl groups excluding tert-OH is 1. The van der Waals surface area contributed by atoms with E-state index in [4.69, 9.17) is 5.73 Å². The maximum atomic E-state index is 14.6. The van der Waals surface area contributed by atoms with Crippen LogP contribution < -0.4 is 15.8 Å². The summed E-state index contributed by atoms with van der Waals surface area (Å²) in [6.07, 6.45) is 1.68. The van der Waals surface area contributed by atoms with Crippen LogP contribution in [0.1, 0.15) is 58.1 Å². The molecule has 1 aliphatic carbocycles. The molecule has 1 saturated carbocycles. The van der Waals surface area contributed by atoms with Gasteiger partial charge >= 0.3 is 0 Å². The smallest absolute Gasteiger partial charge is 0.184 e. The average molecular weight is 472 g/mol. The van der Waals surface area contributed by atoms with Gasteiger partial charge in [-0.25, -0.2) is 13.2 Å². The van der Waals surface area contributed by atoms with Crippen molar-refractivity contribution in [3.05, 3.63) is 52.8 Å². The molecular weight excluding hydrogens is 435 g/mol. The number of nitrogens with one attached hydrogen (secondary N) is 2. The standard InChI is InChI=1S/C20H24F3N3OS.2C2H6/c1-11-3-4-16(14(21)7-11)25-19-17(23)15(22)8-12(2)18(19)26-28-20(5-6-20)9-13(27)10-24;2*1-2/h3-4,7-8,13,25-27H,5-6,9-10,24H2,1-2H3;2*1-2H3. The minimum Gasteiger partial charge on any atom is -0.392 e. The van der Waals surface area contributed by atoms with Crippen LogP contribution in [0.25, 0.3) is 0 Å². The van der Waals surface area contributed by atoms with Crippen LogP contribution in [-0.2, 0) is 0 Å². The summed E-state index contributed by atoms with van der Waals surface area (Å²) in [6, 6.07) is 5.59. The molecule has 32 heavy (non-hydrogen) atoms. The first-order valence-corrected chi connectivity index (χ1v) is 11.9. The highest BCUT2D eigenvalue weighted by molar-refractivity contribution is 8.02. The Morgan fingerprint density at radius 3 is 2.19 bits per heavy atom. The number of benzene rings is 2. The van der Waals surface area contributed by atoms with Gasteiger partial charge in [0.15, 0.2) is 11.6 Å². The van der Waals surface area contributed by atoms with E-state index >= 15 is 0 Å². The van der Waals surface area contributed by atoms with Crippen molar-refractivity contribution in [2.75, 3.05) is 16.6 Å². The zero-order valence-corrected chi connectivity index (χ0v) is 20.6. The van der Waals surface area contributed by atoms with Crippen molar-refractivity contribution in [3.63, 3.8) is 0 Å². The van der Waals surface area contributed by atoms with Gasteiger partial charge in [0, 0.05) is 11.3 Å². The van der Waals surface area contributed by atoms with Crippen LogP contribution in [0.3, 0.4) is 0 Å². The lowest BCUT2D eigenvalue weighted by atomic mass is 10.1. The third-order valence-electron chi connectivity index (χ3n) is 4.86. The summed E-state index contributed by atoms with van der Waals surface area (Å²) >= 11 is 1.36. The van der Waals surface area contributed by atoms with Crippen LogP contribution in [0.5, 0.6) is 0 Å². The SMILES string of the molecule is CC.CC.Cc1ccc(Nc2c(F)c(F)cc(C)c2NSC2(CC(O)CN)CC2)c(F)c1. The molecule has 0 aromatic heterocycles. The first-order valence-electron chi connectivity index (χ1n) is 11.1. The van der Waals surface area contributed by atoms with Gasteiger partial charge in [-0.15, -0.1) is 0 Å². The molecule has 3 rings (SSSR count). The zero-order chi connectivity index (χ0) is 24.5. The summed E-state index contributed by atoms with van der Waals surface area (Å²) in [5, 5.41) is 12.5. The van der Waals surface area contributed by atoms with E-state index in [1.807, 2.05) is 27.7 Å². The number of nitrogens with two attached hydrogens (primary N) is 1. The van der Waals surface area contributed by atoms with Crippen molar-refractivity contribution in [2.45, 2.75) is 71.7 Å². The van der Waals surface area contributed by atoms with Crippen LogP contribution in [0.2, 0.25) is 0 Å². The Morgan fingerprint density at radius 1 is 1.03 bits per heavy atom. The lowest BCUT2D eigenvalue weighted by Crippen LogP contribution is -2.25. The molecule has 0 aliphatic heterocycles. The Labute approximate surface area is 194 Å². The summed E-state index contributed by atoms with van der Waals surface area (Å²) in [7, 11) is 0. The molecule has 2 aromatic rings. The second kappa shape index (κ2) is 13.0. The van der Waals surface area contributed by atoms with Gasteiger partial charge < -0.3 is 20.9 Å². The molecule has 0 saturated heterocycles. The maximum absolute atomic E-state index is 14.6. The molecule has 4 nitrogen and oxygen atoms in total. The van der Waals surface area contributed by atoms with E-state index in [0.29, 0.717) is 17.7 Å². The quantitative estimate of drug-likeness (QED) is 0.318. The van der Waals surface area contributed by atoms with Gasteiger partial charge in [-0.05, 0) is 74.4 Å². The fraction of sp³-hybridized carbons (Fsp3) is 0.500. The normalized spacial score (nSPS) is 14.3. The molecule has 5 N–H and O–H groups in total. The minimum absolute atomic E-state index is 0.0576. The lowest BCUT2D eigenvalue weighted by Gasteiger charge is -2.22. The predicted molar refractivity (Wildman–Crippen MR) is 131 cm³/mol. The Bertz CT molecular complexity index is 876. The van der Waals surface area contributed by atoms with E-state index in [2.05, 4.69) is 10.0 Å². The van der Waals surface area contributed by atoms with Crippen LogP contribution in [0.4, 0.5) is 30.2 Å². The topological polar surface area (TPSA) is 70.3 Å². The number of aliphatic hydroxyl groups is 1. The number of halogens is 3. The number of rotatable bonds is 8. The van der Waals surface area contributed by atoms with Crippen LogP contribution >= 0.6 is 11.9 Å². The van der Waals surface area contributed by atoms with Crippen molar-refractivity contribution in [1.82, 2.24) is 0 Å². The molecule has 0 spiro atoms. The molecule has 0 amide bonds. The van der Waals surface area contributed by atoms with Gasteiger partial charge in [0.1, 0.15) is 11.5 Å². The van der Waals surface area contributed by atoms with E-state index in [9.17, 15) is 18.3 Å². The fourth-order valence-corrected chi connectivity index (χ4v) is 4.18. The van der Waals surface area contributed by atoms with Crippen molar-refractivity contribution < 1.29 is 18.3 Å². The summed E-state index contributed by atoms with van der Waals surface area (Å²) in [6.45, 7) is 11.6. The first kappa shape index (κ1) is 28.1. The fourth-order valence-electron chi connectivity index (χ4n) is 3.02. The highest BCUT2D eigenvalue weighted by atomic mass is 32.2. The predicted octanol–water partition coefficient (Wildman–Crippen LogP) is 6.82. The van der Waals surface area contributed by atoms with Gasteiger partial charge in [0.05, 0.1) is 17.5 Å². The van der Waals surface area contributed by atoms with Crippen molar-refractivity contribution >= 4 is 29.0 Å². The van der Waals surface area contributed by atoms with Crippen LogP contribution in [-0.4, -0.2) is 22.5 Å². The average Bonchev–Trinajstić information content (AvgIpc) is 3.55. The van der Waals surface area contributed by atoms with Crippen molar-refractivity contribution in [3.8, 4) is 0 Å². The van der Waals surface area contributed by atoms with Crippen molar-refractivity contribution in [2.24, 2.45) is 5.73 Å². The summed E-state index contributed by atoms with van der Waals surface area (Å²) in [5.74, 6) is -2.65. The number of hydrogen-bond donors (Lipinski definition) is 4. The van der Waals surface area contributed by atoms with Crippen LogP contribution in [0, 0.1) is 31.3 Å². The molecule has 1 atom stereocenters. The molecule has 1 aliphatic rings. The van der Waals surface area contributed by atoms with Crippen LogP contribution in [0.15, 0.2) is 24.3 Å². The third kappa shape index (κ3) is 7.32. The highest BCUT2D eigenvalue weighted by Gasteiger charge is 2.45. The summed E-state index contributed by atoms with van der Waals surface area (Å²) < 4.78 is 45.7. The van der Waals surface area contributed by atoms with E-state index in [1.165, 1.54) is 24.1 Å². The summed E-state index contributed by atoms with van der Waals surface area (Å²) in [4.78, 5) is 0. The number of hydrogen-bond acceptors (Lipinski definition) is 5. The molecule has 2 aromatic carbocycles. The Morgan fingerprint density at radius 2 is 1.66 bits per heavy atom. The molecular formula is C24H36F3N3OS. The molecule has 0 heterocycles. The molecule has 1 unspecified atom stereocenters. The second-order valence-corrected chi connectivity index (χ2v) is 8.60. The first-order chi connectivity index (χ1) is 15.2. The third-order valence-corrected chi connectivity index (χ3v) is 6.17. The Hall–Kier alpha value is -1.90. The minimum atomic E-state index is -1.08. The monoisotopic (exact) mass is 471 g/mol. The Balaban J connectivity index is 0.00000121. The lowest BCUT2D eigenvalue weighted by molar-refractivity contribution is 0.170. The molecule has 180 valence electrons. The zero-order valence-electron chi connectivity index (χ0n) is 19.8. The molecule has 8 heteroatoms. The molecule has 1 fully saturated rings. The van der Waals surface area contributed by atoms with Crippen molar-refractivity contribution in [1.29, 1.82) is 0 Å². The highest BCUT2D eigenvalue weighted by Crippen LogP contribution is 2.52. The van der Waals surface area contributed by atoms with Gasteiger partial charge in [-0.2, -0.15) is 0 Å². The van der Waals surface area contributed by atoms with E-state index in [1.54, 1.807) is 19.9 Å². The van der Waals surface area contributed by atoms with Gasteiger partial charge in [-0.1, -0.05) is 33.8 Å². The number of aryl methyl sites for hydroxylation is 2. The summed E-state index contributed by atoms with van der Waals surface area (Å²) in [5.41, 5.74) is 6.95. The maximum Gasteiger partial charge on any atom is 0.184 e. The molecule has 0 bridgehead atoms. The largest absolute Gasteiger partial charge is 0.392 e.